The van der Waals surface area contributed by atoms with E-state index in [-0.39, 0.29) is 35.6 Å². The Morgan fingerprint density at radius 3 is 2.58 bits per heavy atom. The summed E-state index contributed by atoms with van der Waals surface area (Å²) in [6.07, 6.45) is 4.31. The Morgan fingerprint density at radius 1 is 1.18 bits per heavy atom. The standard InChI is InChI=1S/C25H35FN4O3/c1-16-6-7-22(26)21-13-25(28-23(16)21,18-4-3-5-18)24(32)27-19-12-20(15-33-14-19)30-10-8-29(9-11-30)17(2)31/h6-7,18-20,28H,3-5,8-15H2,1-2H3,(H,27,32). The zero-order valence-corrected chi connectivity index (χ0v) is 19.7. The Kier molecular flexibility index (Phi) is 6.07. The van der Waals surface area contributed by atoms with E-state index in [1.165, 1.54) is 6.07 Å². The number of aryl methyl sites for hydroxylation is 1. The van der Waals surface area contributed by atoms with Crippen molar-refractivity contribution in [3.63, 3.8) is 0 Å². The highest BCUT2D eigenvalue weighted by Crippen LogP contribution is 2.47. The minimum absolute atomic E-state index is 0.0298. The first-order valence-corrected chi connectivity index (χ1v) is 12.3. The Hall–Kier alpha value is -2.19. The number of fused-ring (bicyclic) bond motifs is 1. The van der Waals surface area contributed by atoms with Gasteiger partial charge in [0.15, 0.2) is 0 Å². The maximum Gasteiger partial charge on any atom is 0.246 e. The van der Waals surface area contributed by atoms with Gasteiger partial charge in [0.25, 0.3) is 0 Å². The van der Waals surface area contributed by atoms with E-state index in [4.69, 9.17) is 4.74 Å². The molecule has 2 N–H and O–H groups in total. The third kappa shape index (κ3) is 4.12. The van der Waals surface area contributed by atoms with E-state index in [1.807, 2.05) is 11.8 Å². The van der Waals surface area contributed by atoms with Crippen molar-refractivity contribution in [1.29, 1.82) is 0 Å². The summed E-state index contributed by atoms with van der Waals surface area (Å²) in [5.74, 6) is 0.0714. The number of hydrogen-bond donors (Lipinski definition) is 2. The number of nitrogens with one attached hydrogen (secondary N) is 2. The minimum Gasteiger partial charge on any atom is -0.378 e. The van der Waals surface area contributed by atoms with Gasteiger partial charge in [0.05, 0.1) is 19.3 Å². The average molecular weight is 459 g/mol. The molecule has 0 spiro atoms. The van der Waals surface area contributed by atoms with Crippen LogP contribution in [-0.4, -0.2) is 78.6 Å². The molecule has 1 aliphatic carbocycles. The maximum absolute atomic E-state index is 14.6. The highest BCUT2D eigenvalue weighted by atomic mass is 19.1. The number of amides is 2. The molecule has 3 unspecified atom stereocenters. The maximum atomic E-state index is 14.6. The number of carbonyl (C=O) groups is 2. The number of piperazine rings is 1. The number of benzene rings is 1. The Labute approximate surface area is 195 Å². The fourth-order valence-electron chi connectivity index (χ4n) is 5.98. The predicted octanol–water partition coefficient (Wildman–Crippen LogP) is 2.08. The number of anilines is 1. The predicted molar refractivity (Wildman–Crippen MR) is 124 cm³/mol. The van der Waals surface area contributed by atoms with Gasteiger partial charge in [-0.05, 0) is 43.7 Å². The number of hydrogen-bond acceptors (Lipinski definition) is 5. The molecule has 3 fully saturated rings. The van der Waals surface area contributed by atoms with Gasteiger partial charge in [-0.3, -0.25) is 14.5 Å². The van der Waals surface area contributed by atoms with Crippen molar-refractivity contribution < 1.29 is 18.7 Å². The van der Waals surface area contributed by atoms with Crippen molar-refractivity contribution in [1.82, 2.24) is 15.1 Å². The summed E-state index contributed by atoms with van der Waals surface area (Å²) in [6.45, 7) is 7.86. The molecule has 2 saturated heterocycles. The minimum atomic E-state index is -0.784. The molecule has 2 amide bonds. The summed E-state index contributed by atoms with van der Waals surface area (Å²) in [6, 6.07) is 3.44. The molecule has 180 valence electrons. The highest BCUT2D eigenvalue weighted by Gasteiger charge is 2.53. The van der Waals surface area contributed by atoms with Crippen LogP contribution in [-0.2, 0) is 20.7 Å². The Morgan fingerprint density at radius 2 is 1.94 bits per heavy atom. The second-order valence-corrected chi connectivity index (χ2v) is 10.3. The molecule has 0 bridgehead atoms. The van der Waals surface area contributed by atoms with Gasteiger partial charge >= 0.3 is 0 Å². The summed E-state index contributed by atoms with van der Waals surface area (Å²) in [5, 5.41) is 6.78. The quantitative estimate of drug-likeness (QED) is 0.723. The van der Waals surface area contributed by atoms with Crippen molar-refractivity contribution in [2.45, 2.75) is 63.6 Å². The fourth-order valence-corrected chi connectivity index (χ4v) is 5.98. The molecule has 3 heterocycles. The SMILES string of the molecule is CC(=O)N1CCN(C2COCC(NC(=O)C3(C4CCC4)Cc4c(F)ccc(C)c4N3)C2)CC1. The van der Waals surface area contributed by atoms with Gasteiger partial charge in [0, 0.05) is 56.8 Å². The van der Waals surface area contributed by atoms with E-state index >= 15 is 0 Å². The number of nitrogens with zero attached hydrogens (tertiary/aromatic N) is 2. The van der Waals surface area contributed by atoms with Crippen molar-refractivity contribution in [2.24, 2.45) is 5.92 Å². The molecule has 4 aliphatic rings. The number of carbonyl (C=O) groups excluding carboxylic acids is 2. The molecule has 7 nitrogen and oxygen atoms in total. The average Bonchev–Trinajstić information content (AvgIpc) is 3.18. The summed E-state index contributed by atoms with van der Waals surface area (Å²) in [5.41, 5.74) is 1.62. The number of ether oxygens (including phenoxy) is 1. The molecular weight excluding hydrogens is 423 g/mol. The Balaban J connectivity index is 1.26. The summed E-state index contributed by atoms with van der Waals surface area (Å²) < 4.78 is 20.5. The first-order valence-electron chi connectivity index (χ1n) is 12.3. The van der Waals surface area contributed by atoms with E-state index in [9.17, 15) is 14.0 Å². The molecule has 33 heavy (non-hydrogen) atoms. The zero-order chi connectivity index (χ0) is 23.2. The molecule has 0 aromatic heterocycles. The van der Waals surface area contributed by atoms with Crippen LogP contribution in [0.1, 0.15) is 43.7 Å². The van der Waals surface area contributed by atoms with Crippen LogP contribution >= 0.6 is 0 Å². The number of rotatable bonds is 4. The van der Waals surface area contributed by atoms with E-state index in [2.05, 4.69) is 15.5 Å². The van der Waals surface area contributed by atoms with Crippen LogP contribution in [0.2, 0.25) is 0 Å². The van der Waals surface area contributed by atoms with E-state index in [0.29, 0.717) is 25.2 Å². The van der Waals surface area contributed by atoms with Crippen molar-refractivity contribution in [3.8, 4) is 0 Å². The van der Waals surface area contributed by atoms with Gasteiger partial charge in [0.1, 0.15) is 11.4 Å². The van der Waals surface area contributed by atoms with Gasteiger partial charge in [-0.2, -0.15) is 0 Å². The van der Waals surface area contributed by atoms with E-state index < -0.39 is 5.54 Å². The van der Waals surface area contributed by atoms with Crippen LogP contribution in [0, 0.1) is 18.7 Å². The van der Waals surface area contributed by atoms with E-state index in [0.717, 1.165) is 63.1 Å². The Bertz CT molecular complexity index is 895. The smallest absolute Gasteiger partial charge is 0.246 e. The summed E-state index contributed by atoms with van der Waals surface area (Å²) in [4.78, 5) is 29.6. The first kappa shape index (κ1) is 22.6. The van der Waals surface area contributed by atoms with Crippen LogP contribution in [0.4, 0.5) is 10.1 Å². The lowest BCUT2D eigenvalue weighted by atomic mass is 9.69. The fraction of sp³-hybridized carbons (Fsp3) is 0.680. The molecular formula is C25H35FN4O3. The molecule has 3 atom stereocenters. The number of halogens is 1. The zero-order valence-electron chi connectivity index (χ0n) is 19.7. The molecule has 1 aromatic rings. The third-order valence-corrected chi connectivity index (χ3v) is 8.27. The summed E-state index contributed by atoms with van der Waals surface area (Å²) >= 11 is 0. The lowest BCUT2D eigenvalue weighted by molar-refractivity contribution is -0.133. The molecule has 1 aromatic carbocycles. The first-order chi connectivity index (χ1) is 15.9. The van der Waals surface area contributed by atoms with Gasteiger partial charge in [-0.25, -0.2) is 4.39 Å². The third-order valence-electron chi connectivity index (χ3n) is 8.27. The topological polar surface area (TPSA) is 73.9 Å². The molecule has 3 aliphatic heterocycles. The molecule has 1 saturated carbocycles. The lowest BCUT2D eigenvalue weighted by Gasteiger charge is -2.44. The highest BCUT2D eigenvalue weighted by molar-refractivity contribution is 5.93. The van der Waals surface area contributed by atoms with Crippen LogP contribution in [0.15, 0.2) is 12.1 Å². The van der Waals surface area contributed by atoms with Crippen molar-refractivity contribution >= 4 is 17.5 Å². The van der Waals surface area contributed by atoms with Crippen molar-refractivity contribution in [2.75, 3.05) is 44.7 Å². The van der Waals surface area contributed by atoms with Crippen LogP contribution in [0.5, 0.6) is 0 Å². The second kappa shape index (κ2) is 8.87. The molecule has 5 rings (SSSR count). The van der Waals surface area contributed by atoms with Gasteiger partial charge in [-0.1, -0.05) is 12.5 Å². The van der Waals surface area contributed by atoms with Crippen LogP contribution in [0.25, 0.3) is 0 Å². The lowest BCUT2D eigenvalue weighted by Crippen LogP contribution is -2.62. The summed E-state index contributed by atoms with van der Waals surface area (Å²) in [7, 11) is 0. The van der Waals surface area contributed by atoms with Crippen LogP contribution < -0.4 is 10.6 Å². The van der Waals surface area contributed by atoms with Gasteiger partial charge in [0.2, 0.25) is 11.8 Å². The normalized spacial score (nSPS) is 30.3. The molecule has 0 radical (unpaired) electrons. The second-order valence-electron chi connectivity index (χ2n) is 10.3. The van der Waals surface area contributed by atoms with Crippen molar-refractivity contribution in [3.05, 3.63) is 29.1 Å². The van der Waals surface area contributed by atoms with Crippen LogP contribution in [0.3, 0.4) is 0 Å². The van der Waals surface area contributed by atoms with Gasteiger partial charge < -0.3 is 20.3 Å². The monoisotopic (exact) mass is 458 g/mol. The van der Waals surface area contributed by atoms with E-state index in [1.54, 1.807) is 13.0 Å². The molecule has 8 heteroatoms. The van der Waals surface area contributed by atoms with Gasteiger partial charge in [-0.15, -0.1) is 0 Å². The largest absolute Gasteiger partial charge is 0.378 e.